The summed E-state index contributed by atoms with van der Waals surface area (Å²) in [5.74, 6) is 0.857. The first kappa shape index (κ1) is 16.3. The van der Waals surface area contributed by atoms with E-state index in [9.17, 15) is 4.79 Å². The topological polar surface area (TPSA) is 59.0 Å². The van der Waals surface area contributed by atoms with Gasteiger partial charge in [0, 0.05) is 13.1 Å². The minimum absolute atomic E-state index is 0.164. The second-order valence-electron chi connectivity index (χ2n) is 4.33. The van der Waals surface area contributed by atoms with Crippen LogP contribution in [0.15, 0.2) is 24.3 Å². The van der Waals surface area contributed by atoms with Gasteiger partial charge in [-0.05, 0) is 37.7 Å². The molecule has 0 saturated carbocycles. The molecule has 112 valence electrons. The fourth-order valence-electron chi connectivity index (χ4n) is 1.77. The van der Waals surface area contributed by atoms with E-state index in [0.717, 1.165) is 24.6 Å². The molecule has 0 unspecified atom stereocenters. The molecule has 0 bridgehead atoms. The Balaban J connectivity index is 2.29. The van der Waals surface area contributed by atoms with E-state index in [1.165, 1.54) is 0 Å². The Labute approximate surface area is 120 Å². The highest BCUT2D eigenvalue weighted by molar-refractivity contribution is 5.66. The molecule has 0 atom stereocenters. The SMILES string of the molecule is CCOc1ccc(OCCN(CC)CCC(=O)O)cc1. The molecule has 0 saturated heterocycles. The molecule has 0 aliphatic heterocycles. The number of ether oxygens (including phenoxy) is 2. The first-order valence-electron chi connectivity index (χ1n) is 6.95. The van der Waals surface area contributed by atoms with Crippen LogP contribution in [0.2, 0.25) is 0 Å². The van der Waals surface area contributed by atoms with Crippen molar-refractivity contribution in [3.05, 3.63) is 24.3 Å². The first-order chi connectivity index (χ1) is 9.65. The molecule has 0 aliphatic rings. The highest BCUT2D eigenvalue weighted by atomic mass is 16.5. The number of carbonyl (C=O) groups is 1. The molecule has 5 nitrogen and oxygen atoms in total. The molecule has 0 heterocycles. The van der Waals surface area contributed by atoms with Crippen molar-refractivity contribution in [1.29, 1.82) is 0 Å². The summed E-state index contributed by atoms with van der Waals surface area (Å²) in [5.41, 5.74) is 0. The number of nitrogens with zero attached hydrogens (tertiary/aromatic N) is 1. The van der Waals surface area contributed by atoms with Crippen molar-refractivity contribution in [2.45, 2.75) is 20.3 Å². The van der Waals surface area contributed by atoms with Crippen molar-refractivity contribution in [1.82, 2.24) is 4.90 Å². The zero-order chi connectivity index (χ0) is 14.8. The predicted molar refractivity (Wildman–Crippen MR) is 77.5 cm³/mol. The number of carboxylic acids is 1. The Morgan fingerprint density at radius 3 is 2.20 bits per heavy atom. The number of benzene rings is 1. The number of likely N-dealkylation sites (N-methyl/N-ethyl adjacent to an activating group) is 1. The van der Waals surface area contributed by atoms with Crippen molar-refractivity contribution in [3.8, 4) is 11.5 Å². The Hall–Kier alpha value is -1.75. The van der Waals surface area contributed by atoms with Gasteiger partial charge in [0.2, 0.25) is 0 Å². The molecule has 0 aromatic heterocycles. The largest absolute Gasteiger partial charge is 0.494 e. The van der Waals surface area contributed by atoms with Crippen LogP contribution >= 0.6 is 0 Å². The average Bonchev–Trinajstić information content (AvgIpc) is 2.44. The first-order valence-corrected chi connectivity index (χ1v) is 6.95. The summed E-state index contributed by atoms with van der Waals surface area (Å²) >= 11 is 0. The molecule has 0 fully saturated rings. The van der Waals surface area contributed by atoms with E-state index >= 15 is 0 Å². The van der Waals surface area contributed by atoms with E-state index < -0.39 is 5.97 Å². The number of carboxylic acid groups (broad SMARTS) is 1. The van der Waals surface area contributed by atoms with Crippen molar-refractivity contribution in [2.75, 3.05) is 32.8 Å². The number of aliphatic carboxylic acids is 1. The molecule has 0 amide bonds. The third-order valence-electron chi connectivity index (χ3n) is 2.90. The van der Waals surface area contributed by atoms with Gasteiger partial charge in [0.15, 0.2) is 0 Å². The third kappa shape index (κ3) is 6.43. The Bertz CT molecular complexity index is 391. The molecule has 1 N–H and O–H groups in total. The van der Waals surface area contributed by atoms with Gasteiger partial charge in [0.25, 0.3) is 0 Å². The van der Waals surface area contributed by atoms with Gasteiger partial charge in [0.1, 0.15) is 18.1 Å². The standard InChI is InChI=1S/C15H23NO4/c1-3-16(10-9-15(17)18)11-12-20-14-7-5-13(6-8-14)19-4-2/h5-8H,3-4,9-12H2,1-2H3,(H,17,18). The van der Waals surface area contributed by atoms with Crippen LogP contribution in [-0.4, -0.2) is 48.8 Å². The summed E-state index contributed by atoms with van der Waals surface area (Å²) < 4.78 is 11.0. The van der Waals surface area contributed by atoms with E-state index in [-0.39, 0.29) is 6.42 Å². The molecule has 1 aromatic rings. The maximum absolute atomic E-state index is 10.5. The van der Waals surface area contributed by atoms with Crippen LogP contribution in [0.4, 0.5) is 0 Å². The third-order valence-corrected chi connectivity index (χ3v) is 2.90. The lowest BCUT2D eigenvalue weighted by Gasteiger charge is -2.19. The van der Waals surface area contributed by atoms with Crippen LogP contribution in [0, 0.1) is 0 Å². The monoisotopic (exact) mass is 281 g/mol. The van der Waals surface area contributed by atoms with E-state index in [4.69, 9.17) is 14.6 Å². The molecular formula is C15H23NO4. The van der Waals surface area contributed by atoms with Gasteiger partial charge in [-0.2, -0.15) is 0 Å². The fourth-order valence-corrected chi connectivity index (χ4v) is 1.77. The van der Waals surface area contributed by atoms with Crippen molar-refractivity contribution < 1.29 is 19.4 Å². The van der Waals surface area contributed by atoms with Gasteiger partial charge in [0.05, 0.1) is 13.0 Å². The number of hydrogen-bond acceptors (Lipinski definition) is 4. The zero-order valence-electron chi connectivity index (χ0n) is 12.2. The van der Waals surface area contributed by atoms with Gasteiger partial charge in [-0.25, -0.2) is 0 Å². The highest BCUT2D eigenvalue weighted by Crippen LogP contribution is 2.17. The number of hydrogen-bond donors (Lipinski definition) is 1. The Morgan fingerprint density at radius 2 is 1.70 bits per heavy atom. The van der Waals surface area contributed by atoms with Crippen LogP contribution < -0.4 is 9.47 Å². The van der Waals surface area contributed by atoms with Crippen LogP contribution in [0.25, 0.3) is 0 Å². The molecule has 20 heavy (non-hydrogen) atoms. The van der Waals surface area contributed by atoms with Crippen molar-refractivity contribution in [2.24, 2.45) is 0 Å². The van der Waals surface area contributed by atoms with Gasteiger partial charge in [-0.15, -0.1) is 0 Å². The van der Waals surface area contributed by atoms with E-state index in [1.807, 2.05) is 38.1 Å². The smallest absolute Gasteiger partial charge is 0.304 e. The van der Waals surface area contributed by atoms with Gasteiger partial charge in [-0.3, -0.25) is 9.69 Å². The minimum Gasteiger partial charge on any atom is -0.494 e. The number of rotatable bonds is 10. The van der Waals surface area contributed by atoms with E-state index in [2.05, 4.69) is 4.90 Å². The van der Waals surface area contributed by atoms with Crippen LogP contribution in [0.5, 0.6) is 11.5 Å². The Morgan fingerprint density at radius 1 is 1.10 bits per heavy atom. The van der Waals surface area contributed by atoms with E-state index in [1.54, 1.807) is 0 Å². The second kappa shape index (κ2) is 9.20. The quantitative estimate of drug-likeness (QED) is 0.713. The van der Waals surface area contributed by atoms with Crippen LogP contribution in [0.1, 0.15) is 20.3 Å². The lowest BCUT2D eigenvalue weighted by molar-refractivity contribution is -0.137. The van der Waals surface area contributed by atoms with Gasteiger partial charge < -0.3 is 14.6 Å². The maximum Gasteiger partial charge on any atom is 0.304 e. The fraction of sp³-hybridized carbons (Fsp3) is 0.533. The molecular weight excluding hydrogens is 258 g/mol. The summed E-state index contributed by atoms with van der Waals surface area (Å²) in [6.07, 6.45) is 0.164. The molecule has 5 heteroatoms. The lowest BCUT2D eigenvalue weighted by Crippen LogP contribution is -2.30. The van der Waals surface area contributed by atoms with Crippen LogP contribution in [-0.2, 0) is 4.79 Å². The molecule has 0 spiro atoms. The average molecular weight is 281 g/mol. The van der Waals surface area contributed by atoms with Gasteiger partial charge in [-0.1, -0.05) is 6.92 Å². The van der Waals surface area contributed by atoms with E-state index in [0.29, 0.717) is 19.8 Å². The Kier molecular flexibility index (Phi) is 7.50. The molecule has 1 rings (SSSR count). The molecule has 0 radical (unpaired) electrons. The second-order valence-corrected chi connectivity index (χ2v) is 4.33. The molecule has 0 aliphatic carbocycles. The normalized spacial score (nSPS) is 10.6. The predicted octanol–water partition coefficient (Wildman–Crippen LogP) is 2.26. The van der Waals surface area contributed by atoms with Crippen molar-refractivity contribution >= 4 is 5.97 Å². The maximum atomic E-state index is 10.5. The highest BCUT2D eigenvalue weighted by Gasteiger charge is 2.05. The minimum atomic E-state index is -0.768. The van der Waals surface area contributed by atoms with Gasteiger partial charge >= 0.3 is 5.97 Å². The summed E-state index contributed by atoms with van der Waals surface area (Å²) in [5, 5.41) is 8.66. The van der Waals surface area contributed by atoms with Crippen LogP contribution in [0.3, 0.4) is 0 Å². The van der Waals surface area contributed by atoms with Crippen molar-refractivity contribution in [3.63, 3.8) is 0 Å². The molecule has 1 aromatic carbocycles. The summed E-state index contributed by atoms with van der Waals surface area (Å²) in [6, 6.07) is 7.50. The summed E-state index contributed by atoms with van der Waals surface area (Å²) in [6.45, 7) is 7.24. The zero-order valence-corrected chi connectivity index (χ0v) is 12.2. The lowest BCUT2D eigenvalue weighted by atomic mass is 10.3. The summed E-state index contributed by atoms with van der Waals surface area (Å²) in [7, 11) is 0. The summed E-state index contributed by atoms with van der Waals surface area (Å²) in [4.78, 5) is 12.6.